The topological polar surface area (TPSA) is 81.8 Å². The lowest BCUT2D eigenvalue weighted by molar-refractivity contribution is -0.138. The number of benzene rings is 1. The van der Waals surface area contributed by atoms with Gasteiger partial charge in [-0.25, -0.2) is 0 Å². The molecule has 3 aromatic rings. The molecule has 1 amide bonds. The number of rotatable bonds is 4. The van der Waals surface area contributed by atoms with Gasteiger partial charge in [-0.05, 0) is 31.0 Å². The fourth-order valence-corrected chi connectivity index (χ4v) is 3.61. The van der Waals surface area contributed by atoms with Crippen LogP contribution in [0.25, 0.3) is 11.4 Å². The molecule has 1 aliphatic heterocycles. The van der Waals surface area contributed by atoms with Crippen LogP contribution in [0.1, 0.15) is 30.7 Å². The van der Waals surface area contributed by atoms with Gasteiger partial charge in [-0.3, -0.25) is 9.59 Å². The minimum absolute atomic E-state index is 0.452. The average Bonchev–Trinajstić information content (AvgIpc) is 2.97. The summed E-state index contributed by atoms with van der Waals surface area (Å²) in [6, 6.07) is 8.50. The average molecular weight is 431 g/mol. The molecule has 0 saturated carbocycles. The maximum atomic E-state index is 12.9. The van der Waals surface area contributed by atoms with Crippen molar-refractivity contribution < 1.29 is 18.0 Å². The Kier molecular flexibility index (Phi) is 5.62. The molecule has 2 aromatic heterocycles. The van der Waals surface area contributed by atoms with Gasteiger partial charge in [0.05, 0.1) is 5.56 Å². The van der Waals surface area contributed by atoms with Gasteiger partial charge in [-0.15, -0.1) is 10.2 Å². The highest BCUT2D eigenvalue weighted by Gasteiger charge is 2.31. The van der Waals surface area contributed by atoms with E-state index < -0.39 is 29.8 Å². The summed E-state index contributed by atoms with van der Waals surface area (Å²) < 4.78 is 41.5. The Bertz CT molecular complexity index is 1170. The zero-order valence-corrected chi connectivity index (χ0v) is 16.5. The second-order valence-corrected chi connectivity index (χ2v) is 7.41. The molecule has 0 aliphatic carbocycles. The van der Waals surface area contributed by atoms with Crippen molar-refractivity contribution in [1.29, 1.82) is 0 Å². The minimum Gasteiger partial charge on any atom is -0.325 e. The summed E-state index contributed by atoms with van der Waals surface area (Å²) in [4.78, 5) is 24.2. The van der Waals surface area contributed by atoms with E-state index >= 15 is 0 Å². The van der Waals surface area contributed by atoms with Gasteiger partial charge in [0.25, 0.3) is 5.56 Å². The SMILES string of the molecule is O=C(Cn1cc(C(F)(F)F)ccc1=O)Nc1cccc(-c2nnc3n2CCCCC3)c1. The maximum absolute atomic E-state index is 12.9. The van der Waals surface area contributed by atoms with Crippen LogP contribution in [0.15, 0.2) is 47.4 Å². The molecule has 0 saturated heterocycles. The molecule has 31 heavy (non-hydrogen) atoms. The Balaban J connectivity index is 1.52. The number of hydrogen-bond acceptors (Lipinski definition) is 4. The van der Waals surface area contributed by atoms with Gasteiger partial charge in [0, 0.05) is 36.5 Å². The number of hydrogen-bond donors (Lipinski definition) is 1. The number of anilines is 1. The van der Waals surface area contributed by atoms with E-state index in [9.17, 15) is 22.8 Å². The summed E-state index contributed by atoms with van der Waals surface area (Å²) >= 11 is 0. The van der Waals surface area contributed by atoms with E-state index in [2.05, 4.69) is 20.1 Å². The van der Waals surface area contributed by atoms with Crippen LogP contribution in [0.2, 0.25) is 0 Å². The first-order valence-electron chi connectivity index (χ1n) is 9.91. The summed E-state index contributed by atoms with van der Waals surface area (Å²) in [5.41, 5.74) is -0.458. The largest absolute Gasteiger partial charge is 0.417 e. The van der Waals surface area contributed by atoms with Crippen molar-refractivity contribution in [3.05, 3.63) is 64.3 Å². The number of alkyl halides is 3. The van der Waals surface area contributed by atoms with Crippen LogP contribution in [0.5, 0.6) is 0 Å². The molecule has 7 nitrogen and oxygen atoms in total. The molecular formula is C21H20F3N5O2. The number of pyridine rings is 1. The lowest BCUT2D eigenvalue weighted by atomic mass is 10.2. The summed E-state index contributed by atoms with van der Waals surface area (Å²) in [5, 5.41) is 11.2. The Hall–Kier alpha value is -3.43. The van der Waals surface area contributed by atoms with E-state index in [1.807, 2.05) is 6.07 Å². The lowest BCUT2D eigenvalue weighted by Gasteiger charge is -2.12. The van der Waals surface area contributed by atoms with Gasteiger partial charge in [0.15, 0.2) is 5.82 Å². The van der Waals surface area contributed by atoms with Crippen LogP contribution in [0.4, 0.5) is 18.9 Å². The number of aryl methyl sites for hydroxylation is 1. The van der Waals surface area contributed by atoms with Crippen molar-refractivity contribution >= 4 is 11.6 Å². The second-order valence-electron chi connectivity index (χ2n) is 7.41. The first-order chi connectivity index (χ1) is 14.8. The van der Waals surface area contributed by atoms with Crippen LogP contribution in [0, 0.1) is 0 Å². The van der Waals surface area contributed by atoms with E-state index in [1.165, 1.54) is 0 Å². The third-order valence-corrected chi connectivity index (χ3v) is 5.14. The molecule has 0 radical (unpaired) electrons. The van der Waals surface area contributed by atoms with Gasteiger partial charge < -0.3 is 14.5 Å². The lowest BCUT2D eigenvalue weighted by Crippen LogP contribution is -2.28. The number of nitrogens with one attached hydrogen (secondary N) is 1. The summed E-state index contributed by atoms with van der Waals surface area (Å²) in [7, 11) is 0. The highest BCUT2D eigenvalue weighted by atomic mass is 19.4. The molecule has 0 bridgehead atoms. The van der Waals surface area contributed by atoms with Gasteiger partial charge >= 0.3 is 6.18 Å². The van der Waals surface area contributed by atoms with Crippen molar-refractivity contribution in [2.75, 3.05) is 5.32 Å². The van der Waals surface area contributed by atoms with Gasteiger partial charge in [0.1, 0.15) is 12.4 Å². The Labute approximate surface area is 175 Å². The number of carbonyl (C=O) groups excluding carboxylic acids is 1. The molecule has 4 rings (SSSR count). The number of nitrogens with zero attached hydrogens (tertiary/aromatic N) is 4. The smallest absolute Gasteiger partial charge is 0.325 e. The van der Waals surface area contributed by atoms with E-state index in [1.54, 1.807) is 18.2 Å². The van der Waals surface area contributed by atoms with E-state index in [4.69, 9.17) is 0 Å². The molecule has 1 aromatic carbocycles. The van der Waals surface area contributed by atoms with Crippen LogP contribution in [-0.2, 0) is 30.5 Å². The summed E-state index contributed by atoms with van der Waals surface area (Å²) in [6.45, 7) is 0.292. The summed E-state index contributed by atoms with van der Waals surface area (Å²) in [6.07, 6.45) is 0.159. The number of carbonyl (C=O) groups is 1. The van der Waals surface area contributed by atoms with Gasteiger partial charge in [-0.1, -0.05) is 18.6 Å². The van der Waals surface area contributed by atoms with Gasteiger partial charge in [0.2, 0.25) is 5.91 Å². The van der Waals surface area contributed by atoms with Crippen LogP contribution in [-0.4, -0.2) is 25.2 Å². The minimum atomic E-state index is -4.60. The molecule has 3 heterocycles. The quantitative estimate of drug-likeness (QED) is 0.686. The number of fused-ring (bicyclic) bond motifs is 1. The molecule has 10 heteroatoms. The molecule has 0 unspecified atom stereocenters. The first-order valence-corrected chi connectivity index (χ1v) is 9.91. The number of amides is 1. The summed E-state index contributed by atoms with van der Waals surface area (Å²) in [5.74, 6) is 1.03. The third kappa shape index (κ3) is 4.68. The van der Waals surface area contributed by atoms with E-state index in [-0.39, 0.29) is 0 Å². The van der Waals surface area contributed by atoms with E-state index in [0.29, 0.717) is 23.8 Å². The highest BCUT2D eigenvalue weighted by Crippen LogP contribution is 2.28. The molecule has 0 spiro atoms. The standard InChI is InChI=1S/C21H20F3N5O2/c22-21(23,24)15-8-9-19(31)28(12-15)13-18(30)25-16-6-4-5-14(11-16)20-27-26-17-7-2-1-3-10-29(17)20/h4-6,8-9,11-12H,1-3,7,10,13H2,(H,25,30). The monoisotopic (exact) mass is 431 g/mol. The predicted molar refractivity (Wildman–Crippen MR) is 107 cm³/mol. The molecule has 1 aliphatic rings. The molecule has 162 valence electrons. The van der Waals surface area contributed by atoms with Crippen molar-refractivity contribution in [3.8, 4) is 11.4 Å². The molecule has 0 fully saturated rings. The van der Waals surface area contributed by atoms with Crippen molar-refractivity contribution in [3.63, 3.8) is 0 Å². The third-order valence-electron chi connectivity index (χ3n) is 5.14. The van der Waals surface area contributed by atoms with Gasteiger partial charge in [-0.2, -0.15) is 13.2 Å². The molecule has 1 N–H and O–H groups in total. The highest BCUT2D eigenvalue weighted by molar-refractivity contribution is 5.91. The zero-order chi connectivity index (χ0) is 22.0. The number of halogens is 3. The van der Waals surface area contributed by atoms with Crippen molar-refractivity contribution in [1.82, 2.24) is 19.3 Å². The fraction of sp³-hybridized carbons (Fsp3) is 0.333. The Morgan fingerprint density at radius 1 is 1.10 bits per heavy atom. The predicted octanol–water partition coefficient (Wildman–Crippen LogP) is 3.49. The van der Waals surface area contributed by atoms with Crippen molar-refractivity contribution in [2.24, 2.45) is 0 Å². The molecule has 0 atom stereocenters. The number of aromatic nitrogens is 4. The van der Waals surface area contributed by atoms with Crippen LogP contribution < -0.4 is 10.9 Å². The normalized spacial score (nSPS) is 14.0. The second kappa shape index (κ2) is 8.37. The maximum Gasteiger partial charge on any atom is 0.417 e. The Morgan fingerprint density at radius 3 is 2.74 bits per heavy atom. The van der Waals surface area contributed by atoms with E-state index in [0.717, 1.165) is 54.2 Å². The van der Waals surface area contributed by atoms with Crippen LogP contribution >= 0.6 is 0 Å². The fourth-order valence-electron chi connectivity index (χ4n) is 3.61. The zero-order valence-electron chi connectivity index (χ0n) is 16.5. The molecular weight excluding hydrogens is 411 g/mol. The first kappa shape index (κ1) is 20.8. The Morgan fingerprint density at radius 2 is 1.94 bits per heavy atom. The van der Waals surface area contributed by atoms with Crippen molar-refractivity contribution in [2.45, 2.75) is 44.9 Å². The van der Waals surface area contributed by atoms with Crippen LogP contribution in [0.3, 0.4) is 0 Å².